The predicted molar refractivity (Wildman–Crippen MR) is 61.8 cm³/mol. The SMILES string of the molecule is COc1ccc(Cl)cc1C(=O)C=C(C)C. The fourth-order valence-electron chi connectivity index (χ4n) is 1.21. The van der Waals surface area contributed by atoms with Crippen LogP contribution in [0.3, 0.4) is 0 Å². The van der Waals surface area contributed by atoms with Gasteiger partial charge in [0.2, 0.25) is 0 Å². The molecule has 0 aromatic heterocycles. The summed E-state index contributed by atoms with van der Waals surface area (Å²) < 4.78 is 5.09. The fraction of sp³-hybridized carbons (Fsp3) is 0.250. The number of benzene rings is 1. The van der Waals surface area contributed by atoms with Crippen LogP contribution < -0.4 is 4.74 Å². The quantitative estimate of drug-likeness (QED) is 0.580. The van der Waals surface area contributed by atoms with Gasteiger partial charge in [0, 0.05) is 5.02 Å². The van der Waals surface area contributed by atoms with Crippen LogP contribution in [-0.2, 0) is 0 Å². The molecule has 1 rings (SSSR count). The minimum atomic E-state index is -0.0886. The molecule has 0 N–H and O–H groups in total. The Bertz CT molecular complexity index is 404. The van der Waals surface area contributed by atoms with Gasteiger partial charge in [0.25, 0.3) is 0 Å². The second-order valence-electron chi connectivity index (χ2n) is 3.43. The lowest BCUT2D eigenvalue weighted by Gasteiger charge is -2.05. The lowest BCUT2D eigenvalue weighted by atomic mass is 10.1. The molecule has 0 saturated carbocycles. The van der Waals surface area contributed by atoms with Crippen molar-refractivity contribution in [3.05, 3.63) is 40.4 Å². The molecule has 0 radical (unpaired) electrons. The zero-order chi connectivity index (χ0) is 11.4. The van der Waals surface area contributed by atoms with Gasteiger partial charge in [-0.3, -0.25) is 4.79 Å². The van der Waals surface area contributed by atoms with Crippen molar-refractivity contribution in [1.29, 1.82) is 0 Å². The average Bonchev–Trinajstić information content (AvgIpc) is 2.16. The molecule has 0 saturated heterocycles. The van der Waals surface area contributed by atoms with Crippen LogP contribution in [0.4, 0.5) is 0 Å². The first-order chi connectivity index (χ1) is 7.04. The smallest absolute Gasteiger partial charge is 0.189 e. The Balaban J connectivity index is 3.17. The summed E-state index contributed by atoms with van der Waals surface area (Å²) in [4.78, 5) is 11.8. The molecule has 80 valence electrons. The van der Waals surface area contributed by atoms with E-state index in [4.69, 9.17) is 16.3 Å². The summed E-state index contributed by atoms with van der Waals surface area (Å²) in [5.41, 5.74) is 1.44. The van der Waals surface area contributed by atoms with Crippen LogP contribution in [0.1, 0.15) is 24.2 Å². The second kappa shape index (κ2) is 4.99. The van der Waals surface area contributed by atoms with Crippen LogP contribution >= 0.6 is 11.6 Å². The Morgan fingerprint density at radius 1 is 1.40 bits per heavy atom. The number of hydrogen-bond acceptors (Lipinski definition) is 2. The largest absolute Gasteiger partial charge is 0.496 e. The number of carbonyl (C=O) groups is 1. The van der Waals surface area contributed by atoms with Gasteiger partial charge < -0.3 is 4.74 Å². The highest BCUT2D eigenvalue weighted by atomic mass is 35.5. The Kier molecular flexibility index (Phi) is 3.92. The minimum absolute atomic E-state index is 0.0886. The van der Waals surface area contributed by atoms with E-state index in [1.807, 2.05) is 13.8 Å². The number of ether oxygens (including phenoxy) is 1. The molecule has 0 bridgehead atoms. The lowest BCUT2D eigenvalue weighted by Crippen LogP contribution is -1.99. The summed E-state index contributed by atoms with van der Waals surface area (Å²) in [5, 5.41) is 0.529. The molecular weight excluding hydrogens is 212 g/mol. The van der Waals surface area contributed by atoms with Gasteiger partial charge in [0.1, 0.15) is 5.75 Å². The van der Waals surface area contributed by atoms with Crippen LogP contribution in [0.25, 0.3) is 0 Å². The summed E-state index contributed by atoms with van der Waals surface area (Å²) in [6, 6.07) is 5.00. The van der Waals surface area contributed by atoms with Gasteiger partial charge in [-0.15, -0.1) is 0 Å². The third-order valence-electron chi connectivity index (χ3n) is 1.85. The van der Waals surface area contributed by atoms with Gasteiger partial charge in [0.15, 0.2) is 5.78 Å². The molecule has 0 aliphatic heterocycles. The molecule has 1 aromatic carbocycles. The van der Waals surface area contributed by atoms with Crippen LogP contribution in [0.15, 0.2) is 29.8 Å². The fourth-order valence-corrected chi connectivity index (χ4v) is 1.38. The van der Waals surface area contributed by atoms with Crippen molar-refractivity contribution < 1.29 is 9.53 Å². The molecule has 2 nitrogen and oxygen atoms in total. The molecule has 0 heterocycles. The molecule has 1 aromatic rings. The van der Waals surface area contributed by atoms with Crippen LogP contribution in [0, 0.1) is 0 Å². The van der Waals surface area contributed by atoms with Crippen LogP contribution in [0.5, 0.6) is 5.75 Å². The first-order valence-corrected chi connectivity index (χ1v) is 4.95. The van der Waals surface area contributed by atoms with Gasteiger partial charge in [0.05, 0.1) is 12.7 Å². The molecule has 3 heteroatoms. The number of carbonyl (C=O) groups excluding carboxylic acids is 1. The number of rotatable bonds is 3. The molecule has 15 heavy (non-hydrogen) atoms. The van der Waals surface area contributed by atoms with E-state index < -0.39 is 0 Å². The predicted octanol–water partition coefficient (Wildman–Crippen LogP) is 3.50. The van der Waals surface area contributed by atoms with E-state index >= 15 is 0 Å². The monoisotopic (exact) mass is 224 g/mol. The molecule has 0 aliphatic rings. The Morgan fingerprint density at radius 2 is 2.07 bits per heavy atom. The molecular formula is C12H13ClO2. The molecule has 0 spiro atoms. The molecule has 0 unspecified atom stereocenters. The highest BCUT2D eigenvalue weighted by Gasteiger charge is 2.10. The van der Waals surface area contributed by atoms with Gasteiger partial charge in [-0.1, -0.05) is 17.2 Å². The first kappa shape index (κ1) is 11.8. The van der Waals surface area contributed by atoms with Crippen molar-refractivity contribution in [3.8, 4) is 5.75 Å². The minimum Gasteiger partial charge on any atom is -0.496 e. The highest BCUT2D eigenvalue weighted by Crippen LogP contribution is 2.23. The van der Waals surface area contributed by atoms with Crippen molar-refractivity contribution in [3.63, 3.8) is 0 Å². The standard InChI is InChI=1S/C12H13ClO2/c1-8(2)6-11(14)10-7-9(13)4-5-12(10)15-3/h4-7H,1-3H3. The first-order valence-electron chi connectivity index (χ1n) is 4.57. The zero-order valence-electron chi connectivity index (χ0n) is 9.00. The maximum Gasteiger partial charge on any atom is 0.189 e. The van der Waals surface area contributed by atoms with E-state index in [1.165, 1.54) is 7.11 Å². The van der Waals surface area contributed by atoms with Crippen molar-refractivity contribution in [2.45, 2.75) is 13.8 Å². The average molecular weight is 225 g/mol. The summed E-state index contributed by atoms with van der Waals surface area (Å²) in [7, 11) is 1.53. The second-order valence-corrected chi connectivity index (χ2v) is 3.87. The maximum atomic E-state index is 11.8. The summed E-state index contributed by atoms with van der Waals surface area (Å²) in [6.45, 7) is 3.74. The summed E-state index contributed by atoms with van der Waals surface area (Å²) in [5.74, 6) is 0.455. The maximum absolute atomic E-state index is 11.8. The highest BCUT2D eigenvalue weighted by molar-refractivity contribution is 6.31. The van der Waals surface area contributed by atoms with Crippen LogP contribution in [-0.4, -0.2) is 12.9 Å². The van der Waals surface area contributed by atoms with E-state index in [2.05, 4.69) is 0 Å². The van der Waals surface area contributed by atoms with Gasteiger partial charge in [-0.05, 0) is 38.1 Å². The number of ketones is 1. The van der Waals surface area contributed by atoms with E-state index in [-0.39, 0.29) is 5.78 Å². The third-order valence-corrected chi connectivity index (χ3v) is 2.08. The number of halogens is 1. The van der Waals surface area contributed by atoms with E-state index in [1.54, 1.807) is 24.3 Å². The van der Waals surface area contributed by atoms with Crippen molar-refractivity contribution in [2.24, 2.45) is 0 Å². The normalized spacial score (nSPS) is 9.60. The Morgan fingerprint density at radius 3 is 2.60 bits per heavy atom. The van der Waals surface area contributed by atoms with Gasteiger partial charge in [-0.25, -0.2) is 0 Å². The van der Waals surface area contributed by atoms with Gasteiger partial charge in [-0.2, -0.15) is 0 Å². The van der Waals surface area contributed by atoms with Crippen molar-refractivity contribution >= 4 is 17.4 Å². The summed E-state index contributed by atoms with van der Waals surface area (Å²) >= 11 is 5.83. The van der Waals surface area contributed by atoms with Crippen molar-refractivity contribution in [1.82, 2.24) is 0 Å². The molecule has 0 aliphatic carbocycles. The molecule has 0 fully saturated rings. The van der Waals surface area contributed by atoms with E-state index in [0.717, 1.165) is 5.57 Å². The Hall–Kier alpha value is -1.28. The zero-order valence-corrected chi connectivity index (χ0v) is 9.76. The lowest BCUT2D eigenvalue weighted by molar-refractivity contribution is 0.104. The number of hydrogen-bond donors (Lipinski definition) is 0. The molecule has 0 amide bonds. The van der Waals surface area contributed by atoms with Crippen molar-refractivity contribution in [2.75, 3.05) is 7.11 Å². The number of methoxy groups -OCH3 is 1. The number of allylic oxidation sites excluding steroid dienone is 2. The van der Waals surface area contributed by atoms with E-state index in [9.17, 15) is 4.79 Å². The van der Waals surface area contributed by atoms with Crippen LogP contribution in [0.2, 0.25) is 5.02 Å². The Labute approximate surface area is 94.5 Å². The topological polar surface area (TPSA) is 26.3 Å². The third kappa shape index (κ3) is 3.10. The van der Waals surface area contributed by atoms with E-state index in [0.29, 0.717) is 16.3 Å². The molecule has 0 atom stereocenters. The van der Waals surface area contributed by atoms with Gasteiger partial charge >= 0.3 is 0 Å². The summed E-state index contributed by atoms with van der Waals surface area (Å²) in [6.07, 6.45) is 1.56.